The van der Waals surface area contributed by atoms with Crippen molar-refractivity contribution >= 4 is 5.97 Å². The zero-order valence-electron chi connectivity index (χ0n) is 13.4. The lowest BCUT2D eigenvalue weighted by Crippen LogP contribution is -2.46. The van der Waals surface area contributed by atoms with Crippen molar-refractivity contribution in [2.24, 2.45) is 5.92 Å². The summed E-state index contributed by atoms with van der Waals surface area (Å²) in [6, 6.07) is 10.2. The van der Waals surface area contributed by atoms with E-state index in [0.717, 1.165) is 18.5 Å². The van der Waals surface area contributed by atoms with Gasteiger partial charge < -0.3 is 5.11 Å². The van der Waals surface area contributed by atoms with E-state index in [9.17, 15) is 9.90 Å². The second-order valence-electron chi connectivity index (χ2n) is 6.89. The minimum atomic E-state index is -0.833. The maximum absolute atomic E-state index is 11.9. The fourth-order valence-corrected chi connectivity index (χ4v) is 2.75. The molecular formula is C18H27NO2. The largest absolute Gasteiger partial charge is 0.481 e. The van der Waals surface area contributed by atoms with Gasteiger partial charge in [0, 0.05) is 12.6 Å². The van der Waals surface area contributed by atoms with Crippen molar-refractivity contribution in [3.05, 3.63) is 35.9 Å². The summed E-state index contributed by atoms with van der Waals surface area (Å²) in [6.45, 7) is 7.90. The summed E-state index contributed by atoms with van der Waals surface area (Å²) in [6.07, 6.45) is 3.55. The van der Waals surface area contributed by atoms with Crippen LogP contribution in [0.2, 0.25) is 0 Å². The Kier molecular flexibility index (Phi) is 5.04. The van der Waals surface area contributed by atoms with Crippen molar-refractivity contribution in [1.29, 1.82) is 0 Å². The van der Waals surface area contributed by atoms with Crippen LogP contribution in [0.3, 0.4) is 0 Å². The second-order valence-corrected chi connectivity index (χ2v) is 6.89. The van der Waals surface area contributed by atoms with Crippen LogP contribution in [0.4, 0.5) is 0 Å². The van der Waals surface area contributed by atoms with E-state index in [-0.39, 0.29) is 0 Å². The van der Waals surface area contributed by atoms with E-state index in [4.69, 9.17) is 0 Å². The molecule has 0 heterocycles. The summed E-state index contributed by atoms with van der Waals surface area (Å²) in [5.74, 6) is -0.0806. The minimum absolute atomic E-state index is 0.589. The molecule has 0 aliphatic heterocycles. The minimum Gasteiger partial charge on any atom is -0.481 e. The first-order valence-corrected chi connectivity index (χ1v) is 7.96. The van der Waals surface area contributed by atoms with Crippen LogP contribution in [0.5, 0.6) is 0 Å². The molecule has 1 atom stereocenters. The van der Waals surface area contributed by atoms with Crippen molar-refractivity contribution in [3.63, 3.8) is 0 Å². The Morgan fingerprint density at radius 3 is 2.43 bits per heavy atom. The second kappa shape index (κ2) is 6.61. The van der Waals surface area contributed by atoms with Gasteiger partial charge in [0.1, 0.15) is 5.41 Å². The third kappa shape index (κ3) is 4.07. The molecular weight excluding hydrogens is 262 g/mol. The Labute approximate surface area is 128 Å². The Morgan fingerprint density at radius 1 is 1.33 bits per heavy atom. The lowest BCUT2D eigenvalue weighted by Gasteiger charge is -2.33. The van der Waals surface area contributed by atoms with Crippen molar-refractivity contribution in [3.8, 4) is 0 Å². The van der Waals surface area contributed by atoms with Gasteiger partial charge in [-0.25, -0.2) is 0 Å². The van der Waals surface area contributed by atoms with Crippen LogP contribution in [-0.2, 0) is 10.2 Å². The van der Waals surface area contributed by atoms with Gasteiger partial charge in [0.25, 0.3) is 0 Å². The fourth-order valence-electron chi connectivity index (χ4n) is 2.75. The number of nitrogens with zero attached hydrogens (tertiary/aromatic N) is 1. The summed E-state index contributed by atoms with van der Waals surface area (Å²) in [5.41, 5.74) is 0.0635. The zero-order valence-corrected chi connectivity index (χ0v) is 13.4. The molecule has 116 valence electrons. The normalized spacial score (nSPS) is 18.0. The van der Waals surface area contributed by atoms with Crippen LogP contribution in [0.15, 0.2) is 30.3 Å². The summed E-state index contributed by atoms with van der Waals surface area (Å²) in [5, 5.41) is 9.79. The molecule has 0 bridgehead atoms. The highest BCUT2D eigenvalue weighted by atomic mass is 16.4. The SMILES string of the molecule is CC(C)CCN(CC(C)(C(=O)O)c1ccccc1)C1CC1. The number of carboxylic acids is 1. The molecule has 0 amide bonds. The van der Waals surface area contributed by atoms with Gasteiger partial charge in [-0.1, -0.05) is 44.2 Å². The molecule has 3 heteroatoms. The number of carbonyl (C=O) groups is 1. The molecule has 1 unspecified atom stereocenters. The Balaban J connectivity index is 2.15. The van der Waals surface area contributed by atoms with Crippen LogP contribution in [0, 0.1) is 5.92 Å². The van der Waals surface area contributed by atoms with Crippen molar-refractivity contribution in [2.75, 3.05) is 13.1 Å². The third-order valence-electron chi connectivity index (χ3n) is 4.46. The zero-order chi connectivity index (χ0) is 15.5. The molecule has 0 saturated heterocycles. The van der Waals surface area contributed by atoms with Gasteiger partial charge >= 0.3 is 5.97 Å². The lowest BCUT2D eigenvalue weighted by molar-refractivity contribution is -0.144. The fraction of sp³-hybridized carbons (Fsp3) is 0.611. The van der Waals surface area contributed by atoms with E-state index in [1.807, 2.05) is 37.3 Å². The van der Waals surface area contributed by atoms with Gasteiger partial charge in [-0.2, -0.15) is 0 Å². The van der Waals surface area contributed by atoms with Crippen LogP contribution in [0.25, 0.3) is 0 Å². The smallest absolute Gasteiger partial charge is 0.315 e. The maximum Gasteiger partial charge on any atom is 0.315 e. The summed E-state index contributed by atoms with van der Waals surface area (Å²) in [4.78, 5) is 14.3. The quantitative estimate of drug-likeness (QED) is 0.796. The Hall–Kier alpha value is -1.35. The topological polar surface area (TPSA) is 40.5 Å². The molecule has 1 saturated carbocycles. The molecule has 1 fully saturated rings. The lowest BCUT2D eigenvalue weighted by atomic mass is 9.81. The van der Waals surface area contributed by atoms with E-state index < -0.39 is 11.4 Å². The standard InChI is InChI=1S/C18H27NO2/c1-14(2)11-12-19(16-9-10-16)13-18(3,17(20)21)15-7-5-4-6-8-15/h4-8,14,16H,9-13H2,1-3H3,(H,20,21). The average molecular weight is 289 g/mol. The molecule has 3 nitrogen and oxygen atoms in total. The van der Waals surface area contributed by atoms with Gasteiger partial charge in [-0.15, -0.1) is 0 Å². The van der Waals surface area contributed by atoms with E-state index in [0.29, 0.717) is 18.5 Å². The first-order chi connectivity index (χ1) is 9.93. The van der Waals surface area contributed by atoms with E-state index >= 15 is 0 Å². The van der Waals surface area contributed by atoms with Crippen molar-refractivity contribution in [2.45, 2.75) is 51.5 Å². The molecule has 1 N–H and O–H groups in total. The maximum atomic E-state index is 11.9. The number of benzene rings is 1. The highest BCUT2D eigenvalue weighted by Crippen LogP contribution is 2.33. The number of aliphatic carboxylic acids is 1. The summed E-state index contributed by atoms with van der Waals surface area (Å²) in [7, 11) is 0. The van der Waals surface area contributed by atoms with E-state index in [1.165, 1.54) is 12.8 Å². The van der Waals surface area contributed by atoms with Crippen LogP contribution >= 0.6 is 0 Å². The molecule has 2 rings (SSSR count). The highest BCUT2D eigenvalue weighted by molar-refractivity contribution is 5.81. The van der Waals surface area contributed by atoms with Crippen LogP contribution < -0.4 is 0 Å². The van der Waals surface area contributed by atoms with Crippen LogP contribution in [0.1, 0.15) is 45.6 Å². The van der Waals surface area contributed by atoms with Crippen molar-refractivity contribution < 1.29 is 9.90 Å². The molecule has 1 aliphatic rings. The third-order valence-corrected chi connectivity index (χ3v) is 4.46. The molecule has 0 aromatic heterocycles. The summed E-state index contributed by atoms with van der Waals surface area (Å²) >= 11 is 0. The monoisotopic (exact) mass is 289 g/mol. The van der Waals surface area contributed by atoms with Crippen molar-refractivity contribution in [1.82, 2.24) is 4.90 Å². The average Bonchev–Trinajstić information content (AvgIpc) is 3.28. The molecule has 1 aliphatic carbocycles. The first-order valence-electron chi connectivity index (χ1n) is 7.96. The molecule has 0 radical (unpaired) electrons. The summed E-state index contributed by atoms with van der Waals surface area (Å²) < 4.78 is 0. The number of hydrogen-bond acceptors (Lipinski definition) is 2. The molecule has 0 spiro atoms. The Bertz CT molecular complexity index is 467. The van der Waals surface area contributed by atoms with Gasteiger partial charge in [-0.3, -0.25) is 9.69 Å². The first kappa shape index (κ1) is 16.0. The highest BCUT2D eigenvalue weighted by Gasteiger charge is 2.40. The Morgan fingerprint density at radius 2 is 1.95 bits per heavy atom. The van der Waals surface area contributed by atoms with Gasteiger partial charge in [-0.05, 0) is 44.2 Å². The van der Waals surface area contributed by atoms with Gasteiger partial charge in [0.15, 0.2) is 0 Å². The predicted molar refractivity (Wildman–Crippen MR) is 85.5 cm³/mol. The molecule has 21 heavy (non-hydrogen) atoms. The molecule has 1 aromatic carbocycles. The molecule has 1 aromatic rings. The number of hydrogen-bond donors (Lipinski definition) is 1. The predicted octanol–water partition coefficient (Wildman–Crippen LogP) is 3.54. The number of carboxylic acid groups (broad SMARTS) is 1. The number of rotatable bonds is 8. The van der Waals surface area contributed by atoms with Gasteiger partial charge in [0.05, 0.1) is 0 Å². The van der Waals surface area contributed by atoms with E-state index in [1.54, 1.807) is 0 Å². The van der Waals surface area contributed by atoms with Gasteiger partial charge in [0.2, 0.25) is 0 Å². The van der Waals surface area contributed by atoms with Crippen LogP contribution in [-0.4, -0.2) is 35.1 Å². The van der Waals surface area contributed by atoms with E-state index in [2.05, 4.69) is 18.7 Å².